The molecule has 150 valence electrons. The SMILES string of the molecule is C#Cc1ccc(C(=O)N2CCc3c(ncn3C)C23CCN(CC(=O)NC)C3)cc1. The summed E-state index contributed by atoms with van der Waals surface area (Å²) in [6, 6.07) is 7.16. The second kappa shape index (κ2) is 7.37. The van der Waals surface area contributed by atoms with Crippen LogP contribution in [-0.2, 0) is 23.8 Å². The van der Waals surface area contributed by atoms with Crippen molar-refractivity contribution in [1.29, 1.82) is 0 Å². The summed E-state index contributed by atoms with van der Waals surface area (Å²) in [5.41, 5.74) is 2.97. The number of aryl methyl sites for hydroxylation is 1. The number of benzene rings is 1. The zero-order valence-electron chi connectivity index (χ0n) is 16.8. The lowest BCUT2D eigenvalue weighted by molar-refractivity contribution is -0.121. The summed E-state index contributed by atoms with van der Waals surface area (Å²) in [4.78, 5) is 34.2. The molecule has 0 bridgehead atoms. The maximum atomic E-state index is 13.5. The monoisotopic (exact) mass is 391 g/mol. The van der Waals surface area contributed by atoms with Gasteiger partial charge in [-0.25, -0.2) is 4.98 Å². The van der Waals surface area contributed by atoms with E-state index in [4.69, 9.17) is 11.4 Å². The van der Waals surface area contributed by atoms with E-state index >= 15 is 0 Å². The molecule has 1 spiro atoms. The molecule has 29 heavy (non-hydrogen) atoms. The molecule has 0 radical (unpaired) electrons. The van der Waals surface area contributed by atoms with Crippen molar-refractivity contribution in [3.63, 3.8) is 0 Å². The van der Waals surface area contributed by atoms with E-state index in [1.165, 1.54) is 5.69 Å². The number of aromatic nitrogens is 2. The third-order valence-corrected chi connectivity index (χ3v) is 6.11. The van der Waals surface area contributed by atoms with Gasteiger partial charge in [0.2, 0.25) is 5.91 Å². The van der Waals surface area contributed by atoms with Gasteiger partial charge in [-0.2, -0.15) is 0 Å². The summed E-state index contributed by atoms with van der Waals surface area (Å²) >= 11 is 0. The van der Waals surface area contributed by atoms with Crippen molar-refractivity contribution in [2.45, 2.75) is 18.4 Å². The highest BCUT2D eigenvalue weighted by molar-refractivity contribution is 5.95. The van der Waals surface area contributed by atoms with E-state index in [9.17, 15) is 9.59 Å². The van der Waals surface area contributed by atoms with Crippen LogP contribution in [0.1, 0.15) is 33.7 Å². The third-order valence-electron chi connectivity index (χ3n) is 6.11. The summed E-state index contributed by atoms with van der Waals surface area (Å²) in [7, 11) is 3.63. The molecule has 4 rings (SSSR count). The molecule has 1 N–H and O–H groups in total. The molecule has 7 heteroatoms. The normalized spacial score (nSPS) is 21.1. The molecular weight excluding hydrogens is 366 g/mol. The van der Waals surface area contributed by atoms with E-state index in [-0.39, 0.29) is 11.8 Å². The first-order chi connectivity index (χ1) is 14.0. The number of terminal acetylenes is 1. The first-order valence-electron chi connectivity index (χ1n) is 9.81. The fraction of sp³-hybridized carbons (Fsp3) is 0.409. The molecule has 1 fully saturated rings. The molecule has 2 aliphatic rings. The van der Waals surface area contributed by atoms with E-state index < -0.39 is 5.54 Å². The van der Waals surface area contributed by atoms with Crippen molar-refractivity contribution in [1.82, 2.24) is 24.7 Å². The average molecular weight is 391 g/mol. The van der Waals surface area contributed by atoms with Crippen LogP contribution in [0, 0.1) is 12.3 Å². The molecule has 3 heterocycles. The van der Waals surface area contributed by atoms with Crippen molar-refractivity contribution < 1.29 is 9.59 Å². The second-order valence-corrected chi connectivity index (χ2v) is 7.74. The summed E-state index contributed by atoms with van der Waals surface area (Å²) in [6.07, 6.45) is 8.78. The van der Waals surface area contributed by atoms with Crippen LogP contribution in [0.2, 0.25) is 0 Å². The minimum atomic E-state index is -0.523. The molecule has 1 unspecified atom stereocenters. The lowest BCUT2D eigenvalue weighted by atomic mass is 9.85. The van der Waals surface area contributed by atoms with Crippen LogP contribution in [0.15, 0.2) is 30.6 Å². The smallest absolute Gasteiger partial charge is 0.254 e. The first-order valence-corrected chi connectivity index (χ1v) is 9.81. The molecule has 2 aliphatic heterocycles. The van der Waals surface area contributed by atoms with Gasteiger partial charge in [-0.1, -0.05) is 5.92 Å². The molecule has 0 aliphatic carbocycles. The maximum absolute atomic E-state index is 13.5. The predicted molar refractivity (Wildman–Crippen MR) is 109 cm³/mol. The van der Waals surface area contributed by atoms with Crippen molar-refractivity contribution >= 4 is 11.8 Å². The molecule has 1 saturated heterocycles. The highest BCUT2D eigenvalue weighted by Crippen LogP contribution is 2.42. The Morgan fingerprint density at radius 3 is 2.72 bits per heavy atom. The second-order valence-electron chi connectivity index (χ2n) is 7.74. The van der Waals surface area contributed by atoms with Gasteiger partial charge >= 0.3 is 0 Å². The topological polar surface area (TPSA) is 70.5 Å². The fourth-order valence-electron chi connectivity index (χ4n) is 4.56. The van der Waals surface area contributed by atoms with Gasteiger partial charge in [0.15, 0.2) is 0 Å². The Labute approximate surface area is 170 Å². The van der Waals surface area contributed by atoms with Gasteiger partial charge in [0.1, 0.15) is 5.54 Å². The van der Waals surface area contributed by atoms with Crippen LogP contribution >= 0.6 is 0 Å². The Kier molecular flexibility index (Phi) is 4.89. The third kappa shape index (κ3) is 3.19. The maximum Gasteiger partial charge on any atom is 0.254 e. The van der Waals surface area contributed by atoms with Gasteiger partial charge in [-0.05, 0) is 30.7 Å². The molecule has 1 atom stereocenters. The molecule has 0 saturated carbocycles. The van der Waals surface area contributed by atoms with Gasteiger partial charge in [0, 0.05) is 57.0 Å². The number of hydrogen-bond acceptors (Lipinski definition) is 4. The van der Waals surface area contributed by atoms with Crippen molar-refractivity contribution in [3.8, 4) is 12.3 Å². The van der Waals surface area contributed by atoms with Gasteiger partial charge in [0.25, 0.3) is 5.91 Å². The molecule has 2 amide bonds. The highest BCUT2D eigenvalue weighted by atomic mass is 16.2. The summed E-state index contributed by atoms with van der Waals surface area (Å²) in [5, 5.41) is 2.68. The summed E-state index contributed by atoms with van der Waals surface area (Å²) in [5.74, 6) is 2.54. The van der Waals surface area contributed by atoms with Crippen LogP contribution in [0.5, 0.6) is 0 Å². The number of hydrogen-bond donors (Lipinski definition) is 1. The van der Waals surface area contributed by atoms with Crippen LogP contribution in [0.4, 0.5) is 0 Å². The molecular formula is C22H25N5O2. The summed E-state index contributed by atoms with van der Waals surface area (Å²) in [6.45, 7) is 2.28. The largest absolute Gasteiger partial charge is 0.358 e. The minimum absolute atomic E-state index is 0.0216. The van der Waals surface area contributed by atoms with Gasteiger partial charge < -0.3 is 14.8 Å². The number of carbonyl (C=O) groups excluding carboxylic acids is 2. The highest BCUT2D eigenvalue weighted by Gasteiger charge is 2.51. The van der Waals surface area contributed by atoms with Gasteiger partial charge in [-0.3, -0.25) is 14.5 Å². The number of likely N-dealkylation sites (tertiary alicyclic amines) is 1. The predicted octanol–water partition coefficient (Wildman–Crippen LogP) is 0.747. The van der Waals surface area contributed by atoms with Crippen molar-refractivity contribution in [3.05, 3.63) is 53.1 Å². The quantitative estimate of drug-likeness (QED) is 0.784. The number of fused-ring (bicyclic) bond motifs is 2. The number of amides is 2. The van der Waals surface area contributed by atoms with Crippen LogP contribution in [0.25, 0.3) is 0 Å². The number of carbonyl (C=O) groups is 2. The number of rotatable bonds is 3. The Hall–Kier alpha value is -3.11. The minimum Gasteiger partial charge on any atom is -0.358 e. The lowest BCUT2D eigenvalue weighted by Gasteiger charge is -2.44. The Bertz CT molecular complexity index is 988. The van der Waals surface area contributed by atoms with Crippen molar-refractivity contribution in [2.75, 3.05) is 33.2 Å². The molecule has 1 aromatic carbocycles. The van der Waals surface area contributed by atoms with Crippen LogP contribution in [-0.4, -0.2) is 64.4 Å². The molecule has 1 aromatic heterocycles. The summed E-state index contributed by atoms with van der Waals surface area (Å²) < 4.78 is 2.04. The zero-order chi connectivity index (χ0) is 20.6. The molecule has 7 nitrogen and oxygen atoms in total. The van der Waals surface area contributed by atoms with Crippen LogP contribution < -0.4 is 5.32 Å². The number of nitrogens with one attached hydrogen (secondary N) is 1. The first kappa shape index (κ1) is 19.2. The van der Waals surface area contributed by atoms with Gasteiger partial charge in [0.05, 0.1) is 18.6 Å². The standard InChI is InChI=1S/C22H25N5O2/c1-4-16-5-7-17(8-6-16)21(29)27-11-9-18-20(24-15-25(18)3)22(27)10-12-26(14-22)13-19(28)23-2/h1,5-8,15H,9-14H2,2-3H3,(H,23,28). The number of likely N-dealkylation sites (N-methyl/N-ethyl adjacent to an activating group) is 1. The average Bonchev–Trinajstić information content (AvgIpc) is 3.33. The van der Waals surface area contributed by atoms with E-state index in [1.54, 1.807) is 31.3 Å². The van der Waals surface area contributed by atoms with E-state index in [0.717, 1.165) is 30.6 Å². The Morgan fingerprint density at radius 2 is 2.03 bits per heavy atom. The Balaban J connectivity index is 1.70. The fourth-order valence-corrected chi connectivity index (χ4v) is 4.56. The van der Waals surface area contributed by atoms with E-state index in [1.807, 2.05) is 22.8 Å². The van der Waals surface area contributed by atoms with E-state index in [2.05, 4.69) is 16.1 Å². The molecule has 2 aromatic rings. The zero-order valence-corrected chi connectivity index (χ0v) is 16.8. The lowest BCUT2D eigenvalue weighted by Crippen LogP contribution is -2.55. The van der Waals surface area contributed by atoms with Gasteiger partial charge in [-0.15, -0.1) is 6.42 Å². The van der Waals surface area contributed by atoms with Crippen LogP contribution in [0.3, 0.4) is 0 Å². The van der Waals surface area contributed by atoms with E-state index in [0.29, 0.717) is 25.2 Å². The number of nitrogens with zero attached hydrogens (tertiary/aromatic N) is 4. The van der Waals surface area contributed by atoms with Crippen molar-refractivity contribution in [2.24, 2.45) is 7.05 Å². The number of imidazole rings is 1. The Morgan fingerprint density at radius 1 is 1.28 bits per heavy atom.